The van der Waals surface area contributed by atoms with E-state index >= 15 is 0 Å². The summed E-state index contributed by atoms with van der Waals surface area (Å²) in [6.45, 7) is 4.77. The number of carbonyl (C=O) groups is 2. The van der Waals surface area contributed by atoms with Gasteiger partial charge in [0.2, 0.25) is 11.8 Å². The Morgan fingerprint density at radius 1 is 0.841 bits per heavy atom. The topological polar surface area (TPSA) is 86.8 Å². The second-order valence-corrected chi connectivity index (χ2v) is 13.1. The maximum atomic E-state index is 14.4. The Morgan fingerprint density at radius 2 is 1.45 bits per heavy atom. The number of nitrogens with zero attached hydrogens (tertiary/aromatic N) is 2. The molecule has 0 saturated heterocycles. The summed E-state index contributed by atoms with van der Waals surface area (Å²) >= 11 is 6.49. The van der Waals surface area contributed by atoms with Crippen LogP contribution in [0.1, 0.15) is 30.5 Å². The summed E-state index contributed by atoms with van der Waals surface area (Å²) in [6.07, 6.45) is 0.170. The van der Waals surface area contributed by atoms with Crippen molar-refractivity contribution in [3.05, 3.63) is 131 Å². The molecule has 230 valence electrons. The molecule has 0 spiro atoms. The Kier molecular flexibility index (Phi) is 10.8. The first kappa shape index (κ1) is 32.7. The Hall–Kier alpha value is -4.21. The fourth-order valence-corrected chi connectivity index (χ4v) is 6.45. The minimum absolute atomic E-state index is 0.0145. The number of halogens is 2. The van der Waals surface area contributed by atoms with E-state index in [9.17, 15) is 22.4 Å². The summed E-state index contributed by atoms with van der Waals surface area (Å²) in [6, 6.07) is 26.3. The lowest BCUT2D eigenvalue weighted by Crippen LogP contribution is -2.54. The monoisotopic (exact) mass is 635 g/mol. The molecule has 0 unspecified atom stereocenters. The lowest BCUT2D eigenvalue weighted by Gasteiger charge is -2.34. The zero-order chi connectivity index (χ0) is 31.9. The van der Waals surface area contributed by atoms with E-state index in [2.05, 4.69) is 5.32 Å². The number of hydrogen-bond donors (Lipinski definition) is 1. The average molecular weight is 636 g/mol. The van der Waals surface area contributed by atoms with Crippen LogP contribution in [0.3, 0.4) is 0 Å². The Labute approximate surface area is 263 Å². The van der Waals surface area contributed by atoms with Gasteiger partial charge in [-0.05, 0) is 68.3 Å². The molecular formula is C34H35ClFN3O4S. The average Bonchev–Trinajstić information content (AvgIpc) is 2.99. The molecule has 0 radical (unpaired) electrons. The Bertz CT molecular complexity index is 1680. The maximum absolute atomic E-state index is 14.4. The molecule has 0 saturated carbocycles. The van der Waals surface area contributed by atoms with Crippen molar-refractivity contribution in [1.82, 2.24) is 10.2 Å². The molecule has 0 aliphatic heterocycles. The van der Waals surface area contributed by atoms with Crippen molar-refractivity contribution in [2.45, 2.75) is 50.7 Å². The van der Waals surface area contributed by atoms with Crippen molar-refractivity contribution in [1.29, 1.82) is 0 Å². The fraction of sp³-hybridized carbons (Fsp3) is 0.235. The summed E-state index contributed by atoms with van der Waals surface area (Å²) in [5.41, 5.74) is 2.37. The number of benzene rings is 4. The van der Waals surface area contributed by atoms with Crippen LogP contribution in [-0.4, -0.2) is 43.8 Å². The highest BCUT2D eigenvalue weighted by Gasteiger charge is 2.35. The third kappa shape index (κ3) is 8.24. The lowest BCUT2D eigenvalue weighted by molar-refractivity contribution is -0.140. The number of anilines is 1. The standard InChI is InChI=1S/C34H35ClFN3O4S/c1-24(2)37-34(41)32(21-26-9-5-4-6-10-26)38(22-27-15-17-28(36)18-16-27)33(40)23-39(31-12-8-7-11-30(31)35)44(42,43)29-19-13-25(3)14-20-29/h4-20,24,32H,21-23H2,1-3H3,(H,37,41)/t32-/m1/s1. The van der Waals surface area contributed by atoms with E-state index < -0.39 is 40.2 Å². The van der Waals surface area contributed by atoms with E-state index in [1.807, 2.05) is 51.1 Å². The highest BCUT2D eigenvalue weighted by Crippen LogP contribution is 2.31. The highest BCUT2D eigenvalue weighted by atomic mass is 35.5. The number of hydrogen-bond acceptors (Lipinski definition) is 4. The van der Waals surface area contributed by atoms with Crippen LogP contribution in [0.5, 0.6) is 0 Å². The van der Waals surface area contributed by atoms with Crippen LogP contribution in [0, 0.1) is 12.7 Å². The van der Waals surface area contributed by atoms with Crippen molar-refractivity contribution in [3.8, 4) is 0 Å². The summed E-state index contributed by atoms with van der Waals surface area (Å²) < 4.78 is 42.9. The molecular weight excluding hydrogens is 601 g/mol. The largest absolute Gasteiger partial charge is 0.352 e. The molecule has 7 nitrogen and oxygen atoms in total. The van der Waals surface area contributed by atoms with Gasteiger partial charge in [0, 0.05) is 19.0 Å². The third-order valence-corrected chi connectivity index (χ3v) is 9.07. The van der Waals surface area contributed by atoms with Gasteiger partial charge in [-0.2, -0.15) is 0 Å². The van der Waals surface area contributed by atoms with E-state index in [1.165, 1.54) is 47.4 Å². The van der Waals surface area contributed by atoms with Gasteiger partial charge in [0.25, 0.3) is 10.0 Å². The molecule has 0 fully saturated rings. The van der Waals surface area contributed by atoms with Crippen molar-refractivity contribution >= 4 is 39.1 Å². The summed E-state index contributed by atoms with van der Waals surface area (Å²) in [4.78, 5) is 29.4. The van der Waals surface area contributed by atoms with Crippen LogP contribution < -0.4 is 9.62 Å². The second-order valence-electron chi connectivity index (χ2n) is 10.8. The van der Waals surface area contributed by atoms with Gasteiger partial charge in [0.1, 0.15) is 18.4 Å². The van der Waals surface area contributed by atoms with Gasteiger partial charge in [-0.25, -0.2) is 12.8 Å². The predicted octanol–water partition coefficient (Wildman–Crippen LogP) is 6.15. The SMILES string of the molecule is Cc1ccc(S(=O)(=O)N(CC(=O)N(Cc2ccc(F)cc2)[C@H](Cc2ccccc2)C(=O)NC(C)C)c2ccccc2Cl)cc1. The quantitative estimate of drug-likeness (QED) is 0.202. The number of rotatable bonds is 12. The van der Waals surface area contributed by atoms with Crippen LogP contribution in [0.2, 0.25) is 5.02 Å². The van der Waals surface area contributed by atoms with Crippen LogP contribution in [0.4, 0.5) is 10.1 Å². The molecule has 0 aliphatic rings. The molecule has 44 heavy (non-hydrogen) atoms. The van der Waals surface area contributed by atoms with Crippen LogP contribution >= 0.6 is 11.6 Å². The molecule has 0 heterocycles. The van der Waals surface area contributed by atoms with E-state index in [0.29, 0.717) is 5.56 Å². The normalized spacial score (nSPS) is 12.0. The Morgan fingerprint density at radius 3 is 2.07 bits per heavy atom. The van der Waals surface area contributed by atoms with E-state index in [4.69, 9.17) is 11.6 Å². The first-order valence-corrected chi connectivity index (χ1v) is 16.0. The second kappa shape index (κ2) is 14.5. The third-order valence-electron chi connectivity index (χ3n) is 6.98. The van der Waals surface area contributed by atoms with Gasteiger partial charge in [-0.1, -0.05) is 83.9 Å². The molecule has 1 N–H and O–H groups in total. The molecule has 4 aromatic carbocycles. The molecule has 10 heteroatoms. The number of carbonyl (C=O) groups excluding carboxylic acids is 2. The molecule has 1 atom stereocenters. The maximum Gasteiger partial charge on any atom is 0.264 e. The number of nitrogens with one attached hydrogen (secondary N) is 1. The molecule has 0 bridgehead atoms. The summed E-state index contributed by atoms with van der Waals surface area (Å²) in [5, 5.41) is 3.04. The first-order chi connectivity index (χ1) is 21.0. The first-order valence-electron chi connectivity index (χ1n) is 14.2. The van der Waals surface area contributed by atoms with E-state index in [-0.39, 0.29) is 34.6 Å². The van der Waals surface area contributed by atoms with E-state index in [1.54, 1.807) is 30.3 Å². The van der Waals surface area contributed by atoms with Crippen molar-refractivity contribution in [3.63, 3.8) is 0 Å². The number of para-hydroxylation sites is 1. The van der Waals surface area contributed by atoms with Crippen molar-refractivity contribution in [2.24, 2.45) is 0 Å². The van der Waals surface area contributed by atoms with Gasteiger partial charge in [-0.15, -0.1) is 0 Å². The smallest absolute Gasteiger partial charge is 0.264 e. The van der Waals surface area contributed by atoms with Crippen LogP contribution in [0.15, 0.2) is 108 Å². The fourth-order valence-electron chi connectivity index (χ4n) is 4.73. The highest BCUT2D eigenvalue weighted by molar-refractivity contribution is 7.92. The van der Waals surface area contributed by atoms with Gasteiger partial charge in [-0.3, -0.25) is 13.9 Å². The molecule has 4 aromatic rings. The molecule has 0 aliphatic carbocycles. The van der Waals surface area contributed by atoms with Crippen LogP contribution in [-0.2, 0) is 32.6 Å². The van der Waals surface area contributed by atoms with Gasteiger partial charge < -0.3 is 10.2 Å². The summed E-state index contributed by atoms with van der Waals surface area (Å²) in [5.74, 6) is -1.48. The van der Waals surface area contributed by atoms with Crippen molar-refractivity contribution in [2.75, 3.05) is 10.8 Å². The zero-order valence-electron chi connectivity index (χ0n) is 24.8. The molecule has 4 rings (SSSR count). The minimum atomic E-state index is -4.27. The van der Waals surface area contributed by atoms with Crippen LogP contribution in [0.25, 0.3) is 0 Å². The zero-order valence-corrected chi connectivity index (χ0v) is 26.4. The van der Waals surface area contributed by atoms with Gasteiger partial charge >= 0.3 is 0 Å². The lowest BCUT2D eigenvalue weighted by atomic mass is 10.0. The number of amides is 2. The van der Waals surface area contributed by atoms with Gasteiger partial charge in [0.15, 0.2) is 0 Å². The molecule has 0 aromatic heterocycles. The predicted molar refractivity (Wildman–Crippen MR) is 171 cm³/mol. The van der Waals surface area contributed by atoms with Gasteiger partial charge in [0.05, 0.1) is 15.6 Å². The summed E-state index contributed by atoms with van der Waals surface area (Å²) in [7, 11) is -4.27. The Balaban J connectivity index is 1.81. The number of aryl methyl sites for hydroxylation is 1. The van der Waals surface area contributed by atoms with Crippen molar-refractivity contribution < 1.29 is 22.4 Å². The number of sulfonamides is 1. The van der Waals surface area contributed by atoms with E-state index in [0.717, 1.165) is 15.4 Å². The molecule has 2 amide bonds. The minimum Gasteiger partial charge on any atom is -0.352 e.